The summed E-state index contributed by atoms with van der Waals surface area (Å²) >= 11 is 0. The molecule has 1 aromatic heterocycles. The normalized spacial score (nSPS) is 21.3. The highest BCUT2D eigenvalue weighted by Crippen LogP contribution is 2.27. The molecule has 0 fully saturated rings. The van der Waals surface area contributed by atoms with Crippen LogP contribution in [0.5, 0.6) is 0 Å². The highest BCUT2D eigenvalue weighted by Gasteiger charge is 2.17. The Labute approximate surface area is 78.3 Å². The van der Waals surface area contributed by atoms with Crippen molar-refractivity contribution in [3.05, 3.63) is 5.69 Å². The number of hydrogen-bond donors (Lipinski definition) is 2. The Morgan fingerprint density at radius 3 is 3.08 bits per heavy atom. The van der Waals surface area contributed by atoms with Crippen LogP contribution < -0.4 is 10.6 Å². The summed E-state index contributed by atoms with van der Waals surface area (Å²) in [5, 5.41) is 11.2. The largest absolute Gasteiger partial charge is 0.380 e. The van der Waals surface area contributed by atoms with Crippen molar-refractivity contribution in [3.63, 3.8) is 0 Å². The lowest BCUT2D eigenvalue weighted by atomic mass is 10.2. The lowest BCUT2D eigenvalue weighted by Crippen LogP contribution is -2.17. The molecular formula is C9H16N4. The van der Waals surface area contributed by atoms with Crippen molar-refractivity contribution in [2.45, 2.75) is 26.3 Å². The predicted molar refractivity (Wildman–Crippen MR) is 54.1 cm³/mol. The van der Waals surface area contributed by atoms with E-state index in [-0.39, 0.29) is 0 Å². The fourth-order valence-electron chi connectivity index (χ4n) is 1.75. The zero-order chi connectivity index (χ0) is 9.42. The fourth-order valence-corrected chi connectivity index (χ4v) is 1.75. The van der Waals surface area contributed by atoms with Crippen LogP contribution in [0, 0.1) is 6.92 Å². The molecule has 0 saturated heterocycles. The number of fused-ring (bicyclic) bond motifs is 1. The monoisotopic (exact) mass is 180 g/mol. The van der Waals surface area contributed by atoms with Crippen LogP contribution in [0.25, 0.3) is 0 Å². The van der Waals surface area contributed by atoms with E-state index in [2.05, 4.69) is 22.7 Å². The van der Waals surface area contributed by atoms with Gasteiger partial charge in [-0.3, -0.25) is 4.68 Å². The van der Waals surface area contributed by atoms with Gasteiger partial charge in [0.05, 0.1) is 5.69 Å². The molecule has 2 heterocycles. The van der Waals surface area contributed by atoms with Crippen molar-refractivity contribution in [2.24, 2.45) is 7.05 Å². The summed E-state index contributed by atoms with van der Waals surface area (Å²) in [5.41, 5.74) is 2.23. The summed E-state index contributed by atoms with van der Waals surface area (Å²) in [4.78, 5) is 0. The zero-order valence-electron chi connectivity index (χ0n) is 8.39. The molecule has 0 amide bonds. The van der Waals surface area contributed by atoms with Gasteiger partial charge in [0, 0.05) is 19.6 Å². The summed E-state index contributed by atoms with van der Waals surface area (Å²) in [6.07, 6.45) is 1.15. The topological polar surface area (TPSA) is 41.9 Å². The highest BCUT2D eigenvalue weighted by molar-refractivity contribution is 5.68. The Balaban J connectivity index is 2.41. The molecular weight excluding hydrogens is 164 g/mol. The Hall–Kier alpha value is -1.19. The van der Waals surface area contributed by atoms with E-state index in [9.17, 15) is 0 Å². The van der Waals surface area contributed by atoms with Crippen molar-refractivity contribution in [2.75, 3.05) is 17.2 Å². The van der Waals surface area contributed by atoms with Crippen molar-refractivity contribution in [3.8, 4) is 0 Å². The first-order valence-electron chi connectivity index (χ1n) is 4.72. The molecule has 0 saturated carbocycles. The lowest BCUT2D eigenvalue weighted by molar-refractivity contribution is 0.706. The quantitative estimate of drug-likeness (QED) is 0.633. The van der Waals surface area contributed by atoms with E-state index in [0.29, 0.717) is 6.04 Å². The number of hydrogen-bond acceptors (Lipinski definition) is 3. The van der Waals surface area contributed by atoms with Crippen LogP contribution >= 0.6 is 0 Å². The van der Waals surface area contributed by atoms with Gasteiger partial charge < -0.3 is 10.6 Å². The van der Waals surface area contributed by atoms with Gasteiger partial charge in [-0.1, -0.05) is 0 Å². The van der Waals surface area contributed by atoms with Crippen LogP contribution in [0.3, 0.4) is 0 Å². The predicted octanol–water partition coefficient (Wildman–Crippen LogP) is 1.34. The number of aryl methyl sites for hydroxylation is 2. The minimum atomic E-state index is 0.517. The van der Waals surface area contributed by atoms with Crippen LogP contribution in [0.15, 0.2) is 0 Å². The molecule has 2 N–H and O–H groups in total. The van der Waals surface area contributed by atoms with E-state index in [1.165, 1.54) is 0 Å². The third-order valence-corrected chi connectivity index (χ3v) is 2.48. The summed E-state index contributed by atoms with van der Waals surface area (Å²) in [5.74, 6) is 1.11. The summed E-state index contributed by atoms with van der Waals surface area (Å²) < 4.78 is 1.90. The number of anilines is 2. The number of rotatable bonds is 0. The molecule has 72 valence electrons. The molecule has 2 rings (SSSR count). The molecule has 0 aromatic carbocycles. The van der Waals surface area contributed by atoms with Gasteiger partial charge in [-0.05, 0) is 20.3 Å². The third-order valence-electron chi connectivity index (χ3n) is 2.48. The van der Waals surface area contributed by atoms with Crippen molar-refractivity contribution < 1.29 is 0 Å². The molecule has 0 bridgehead atoms. The molecule has 13 heavy (non-hydrogen) atoms. The first kappa shape index (κ1) is 8.41. The average molecular weight is 180 g/mol. The maximum atomic E-state index is 4.36. The Kier molecular flexibility index (Phi) is 1.90. The van der Waals surface area contributed by atoms with E-state index in [0.717, 1.165) is 30.2 Å². The Morgan fingerprint density at radius 1 is 1.54 bits per heavy atom. The second-order valence-electron chi connectivity index (χ2n) is 3.69. The average Bonchev–Trinajstić information content (AvgIpc) is 2.28. The Bertz CT molecular complexity index is 316. The smallest absolute Gasteiger partial charge is 0.148 e. The summed E-state index contributed by atoms with van der Waals surface area (Å²) in [6, 6.07) is 0.517. The van der Waals surface area contributed by atoms with Gasteiger partial charge in [0.1, 0.15) is 11.5 Å². The van der Waals surface area contributed by atoms with Gasteiger partial charge in [0.15, 0.2) is 0 Å². The highest BCUT2D eigenvalue weighted by atomic mass is 15.3. The van der Waals surface area contributed by atoms with E-state index in [1.807, 2.05) is 18.7 Å². The van der Waals surface area contributed by atoms with Crippen molar-refractivity contribution >= 4 is 11.5 Å². The SMILES string of the molecule is Cc1nn(C)c2c1NCCC(C)N2. The Morgan fingerprint density at radius 2 is 2.31 bits per heavy atom. The van der Waals surface area contributed by atoms with Crippen molar-refractivity contribution in [1.82, 2.24) is 9.78 Å². The van der Waals surface area contributed by atoms with Crippen LogP contribution in [0.2, 0.25) is 0 Å². The van der Waals surface area contributed by atoms with Crippen LogP contribution in [-0.2, 0) is 7.05 Å². The summed E-state index contributed by atoms with van der Waals surface area (Å²) in [6.45, 7) is 5.25. The molecule has 0 aliphatic carbocycles. The van der Waals surface area contributed by atoms with E-state index < -0.39 is 0 Å². The first-order valence-corrected chi connectivity index (χ1v) is 4.72. The lowest BCUT2D eigenvalue weighted by Gasteiger charge is -2.10. The second-order valence-corrected chi connectivity index (χ2v) is 3.69. The van der Waals surface area contributed by atoms with E-state index >= 15 is 0 Å². The fraction of sp³-hybridized carbons (Fsp3) is 0.667. The second kappa shape index (κ2) is 2.94. The van der Waals surface area contributed by atoms with E-state index in [4.69, 9.17) is 0 Å². The van der Waals surface area contributed by atoms with Gasteiger partial charge in [0.2, 0.25) is 0 Å². The molecule has 1 atom stereocenters. The minimum absolute atomic E-state index is 0.517. The maximum absolute atomic E-state index is 4.36. The van der Waals surface area contributed by atoms with Gasteiger partial charge in [-0.2, -0.15) is 5.10 Å². The zero-order valence-corrected chi connectivity index (χ0v) is 8.39. The molecule has 1 aliphatic rings. The standard InChI is InChI=1S/C9H16N4/c1-6-4-5-10-8-7(2)12-13(3)9(8)11-6/h6,10-11H,4-5H2,1-3H3. The molecule has 0 spiro atoms. The minimum Gasteiger partial charge on any atom is -0.380 e. The summed E-state index contributed by atoms with van der Waals surface area (Å²) in [7, 11) is 1.97. The molecule has 0 radical (unpaired) electrons. The number of aromatic nitrogens is 2. The van der Waals surface area contributed by atoms with Crippen LogP contribution in [0.4, 0.5) is 11.5 Å². The van der Waals surface area contributed by atoms with Gasteiger partial charge in [-0.25, -0.2) is 0 Å². The van der Waals surface area contributed by atoms with Gasteiger partial charge >= 0.3 is 0 Å². The molecule has 1 aliphatic heterocycles. The molecule has 4 nitrogen and oxygen atoms in total. The number of nitrogens with one attached hydrogen (secondary N) is 2. The molecule has 1 unspecified atom stereocenters. The first-order chi connectivity index (χ1) is 6.18. The van der Waals surface area contributed by atoms with E-state index in [1.54, 1.807) is 0 Å². The number of nitrogens with zero attached hydrogens (tertiary/aromatic N) is 2. The maximum Gasteiger partial charge on any atom is 0.148 e. The third kappa shape index (κ3) is 1.36. The molecule has 1 aromatic rings. The van der Waals surface area contributed by atoms with Crippen molar-refractivity contribution in [1.29, 1.82) is 0 Å². The van der Waals surface area contributed by atoms with Crippen LogP contribution in [-0.4, -0.2) is 22.4 Å². The van der Waals surface area contributed by atoms with Gasteiger partial charge in [-0.15, -0.1) is 0 Å². The van der Waals surface area contributed by atoms with Gasteiger partial charge in [0.25, 0.3) is 0 Å². The van der Waals surface area contributed by atoms with Crippen LogP contribution in [0.1, 0.15) is 19.0 Å². The molecule has 4 heteroatoms.